The summed E-state index contributed by atoms with van der Waals surface area (Å²) in [5.41, 5.74) is 4.55. The molecule has 410 valence electrons. The molecule has 1 aliphatic rings. The second kappa shape index (κ2) is 29.5. The normalized spacial score (nSPS) is 13.2. The van der Waals surface area contributed by atoms with Gasteiger partial charge in [-0.1, -0.05) is 134 Å². The summed E-state index contributed by atoms with van der Waals surface area (Å²) in [5, 5.41) is 0. The zero-order chi connectivity index (χ0) is 56.4. The number of carbonyl (C=O) groups is 4. The van der Waals surface area contributed by atoms with Gasteiger partial charge in [-0.2, -0.15) is 26.3 Å². The van der Waals surface area contributed by atoms with Crippen molar-refractivity contribution in [3.63, 3.8) is 0 Å². The SMILES string of the molecule is CCN1CCN(Cc2ccc(CC(=O)C(C)C)cc2C(F)(F)F)CC1.Cc1ccc(F)c(CC(=O)C(C)C)c1.Cc1cccc(CC(=O)C(C)C)c1.Cc1cn(Cc2ccc(CC(=O)C(C)C)cc2C(F)(F)F)cn1. The number of likely N-dealkylation sites (N-methyl/N-ethyl adjacent to an activating group) is 1. The van der Waals surface area contributed by atoms with Crippen LogP contribution in [-0.2, 0) is 70.3 Å². The monoisotopic (exact) mass is 1050 g/mol. The number of imidazole rings is 1. The van der Waals surface area contributed by atoms with Crippen molar-refractivity contribution >= 4 is 23.1 Å². The Bertz CT molecular complexity index is 2640. The molecule has 4 aromatic carbocycles. The lowest BCUT2D eigenvalue weighted by molar-refractivity contribution is -0.139. The number of hydrogen-bond donors (Lipinski definition) is 0. The first-order valence-corrected chi connectivity index (χ1v) is 25.7. The molecule has 0 radical (unpaired) electrons. The number of Topliss-reactive ketones (excluding diaryl/α,β-unsaturated/α-hetero) is 4. The number of piperazine rings is 1. The van der Waals surface area contributed by atoms with Crippen LogP contribution < -0.4 is 0 Å². The van der Waals surface area contributed by atoms with Crippen molar-refractivity contribution in [2.75, 3.05) is 32.7 Å². The van der Waals surface area contributed by atoms with Crippen LogP contribution in [0.3, 0.4) is 0 Å². The van der Waals surface area contributed by atoms with E-state index in [2.05, 4.69) is 27.8 Å². The molecule has 15 heteroatoms. The van der Waals surface area contributed by atoms with Crippen LogP contribution >= 0.6 is 0 Å². The third-order valence-corrected chi connectivity index (χ3v) is 12.7. The van der Waals surface area contributed by atoms with E-state index in [1.165, 1.54) is 30.1 Å². The second-order valence-electron chi connectivity index (χ2n) is 20.7. The minimum atomic E-state index is -4.46. The summed E-state index contributed by atoms with van der Waals surface area (Å²) in [7, 11) is 0. The van der Waals surface area contributed by atoms with Crippen LogP contribution in [0.4, 0.5) is 30.7 Å². The number of aryl methyl sites for hydroxylation is 3. The van der Waals surface area contributed by atoms with Crippen molar-refractivity contribution in [3.05, 3.63) is 159 Å². The minimum Gasteiger partial charge on any atom is -0.333 e. The summed E-state index contributed by atoms with van der Waals surface area (Å²) in [6, 6.07) is 21.4. The van der Waals surface area contributed by atoms with E-state index in [4.69, 9.17) is 0 Å². The van der Waals surface area contributed by atoms with Crippen LogP contribution in [0.5, 0.6) is 0 Å². The molecule has 0 unspecified atom stereocenters. The maximum absolute atomic E-state index is 13.5. The summed E-state index contributed by atoms with van der Waals surface area (Å²) < 4.78 is 95.3. The second-order valence-corrected chi connectivity index (χ2v) is 20.7. The summed E-state index contributed by atoms with van der Waals surface area (Å²) >= 11 is 0. The Morgan fingerprint density at radius 1 is 0.520 bits per heavy atom. The van der Waals surface area contributed by atoms with E-state index in [1.807, 2.05) is 59.7 Å². The van der Waals surface area contributed by atoms with Crippen LogP contribution in [0.1, 0.15) is 124 Å². The lowest BCUT2D eigenvalue weighted by atomic mass is 9.96. The van der Waals surface area contributed by atoms with Gasteiger partial charge in [0.25, 0.3) is 0 Å². The van der Waals surface area contributed by atoms with Gasteiger partial charge in [-0.25, -0.2) is 9.37 Å². The first kappa shape index (κ1) is 63.5. The summed E-state index contributed by atoms with van der Waals surface area (Å²) in [6.07, 6.45) is -4.83. The third kappa shape index (κ3) is 22.1. The lowest BCUT2D eigenvalue weighted by Gasteiger charge is -2.34. The molecule has 0 spiro atoms. The molecule has 0 atom stereocenters. The Morgan fingerprint density at radius 2 is 0.947 bits per heavy atom. The smallest absolute Gasteiger partial charge is 0.333 e. The number of carbonyl (C=O) groups excluding carboxylic acids is 4. The third-order valence-electron chi connectivity index (χ3n) is 12.7. The predicted molar refractivity (Wildman–Crippen MR) is 283 cm³/mol. The van der Waals surface area contributed by atoms with Gasteiger partial charge in [0, 0.05) is 94.8 Å². The molecule has 2 heterocycles. The zero-order valence-electron chi connectivity index (χ0n) is 45.8. The van der Waals surface area contributed by atoms with Crippen molar-refractivity contribution in [1.29, 1.82) is 0 Å². The van der Waals surface area contributed by atoms with Gasteiger partial charge in [0.2, 0.25) is 0 Å². The van der Waals surface area contributed by atoms with Crippen LogP contribution in [0.25, 0.3) is 0 Å². The Kier molecular flexibility index (Phi) is 25.0. The molecule has 0 amide bonds. The molecule has 1 saturated heterocycles. The standard InChI is InChI=1S/C19H27F3N2O.C17H19F3N2O.C12H15FO.C12H16O/c1-4-23-7-9-24(10-8-23)13-16-6-5-15(12-18(25)14(2)3)11-17(16)19(20,21)22;1-11(2)16(23)7-13-4-5-14(15(6-13)17(18,19)20)9-22-8-12(3)21-10-22;1-8(2)12(14)7-10-6-9(3)4-5-11(10)13;1-9(2)12(13)8-11-6-4-5-10(3)7-11/h5-6,11,14H,4,7-10,12-13H2,1-3H3;4-6,8,10-11H,7,9H2,1-3H3;4-6,8H,7H2,1-3H3;4-7,9H,8H2,1-3H3. The van der Waals surface area contributed by atoms with Crippen LogP contribution in [0, 0.1) is 50.3 Å². The first-order valence-electron chi connectivity index (χ1n) is 25.7. The van der Waals surface area contributed by atoms with Crippen LogP contribution in [0.15, 0.2) is 91.4 Å². The van der Waals surface area contributed by atoms with Crippen LogP contribution in [0.2, 0.25) is 0 Å². The minimum absolute atomic E-state index is 0.0191. The van der Waals surface area contributed by atoms with E-state index < -0.39 is 23.5 Å². The Labute approximate surface area is 440 Å². The fraction of sp³-hybridized carbons (Fsp3) is 0.483. The maximum Gasteiger partial charge on any atom is 0.416 e. The first-order chi connectivity index (χ1) is 35.0. The molecular weight excluding hydrogens is 974 g/mol. The quantitative estimate of drug-likeness (QED) is 0.0857. The molecule has 0 aliphatic carbocycles. The maximum atomic E-state index is 13.5. The van der Waals surface area contributed by atoms with Crippen molar-refractivity contribution in [2.45, 2.75) is 134 Å². The van der Waals surface area contributed by atoms with Crippen molar-refractivity contribution in [1.82, 2.24) is 19.4 Å². The highest BCUT2D eigenvalue weighted by atomic mass is 19.4. The lowest BCUT2D eigenvalue weighted by Crippen LogP contribution is -2.45. The molecule has 8 nitrogen and oxygen atoms in total. The van der Waals surface area contributed by atoms with Gasteiger partial charge in [0.05, 0.1) is 23.1 Å². The van der Waals surface area contributed by atoms with Gasteiger partial charge in [0.15, 0.2) is 0 Å². The van der Waals surface area contributed by atoms with Gasteiger partial charge in [-0.05, 0) is 78.9 Å². The van der Waals surface area contributed by atoms with E-state index in [0.29, 0.717) is 35.4 Å². The van der Waals surface area contributed by atoms with Crippen molar-refractivity contribution < 1.29 is 49.9 Å². The molecule has 0 N–H and O–H groups in total. The van der Waals surface area contributed by atoms with Crippen molar-refractivity contribution in [2.24, 2.45) is 23.7 Å². The van der Waals surface area contributed by atoms with E-state index in [0.717, 1.165) is 61.7 Å². The summed E-state index contributed by atoms with van der Waals surface area (Å²) in [4.78, 5) is 54.8. The predicted octanol–water partition coefficient (Wildman–Crippen LogP) is 13.3. The number of alkyl halides is 6. The number of nitrogens with zero attached hydrogens (tertiary/aromatic N) is 4. The number of benzene rings is 4. The zero-order valence-corrected chi connectivity index (χ0v) is 45.8. The van der Waals surface area contributed by atoms with E-state index in [1.54, 1.807) is 69.6 Å². The van der Waals surface area contributed by atoms with E-state index in [9.17, 15) is 49.9 Å². The Balaban J connectivity index is 0.000000273. The van der Waals surface area contributed by atoms with E-state index in [-0.39, 0.29) is 83.8 Å². The molecule has 5 aromatic rings. The summed E-state index contributed by atoms with van der Waals surface area (Å²) in [6.45, 7) is 27.0. The molecule has 1 fully saturated rings. The fourth-order valence-electron chi connectivity index (χ4n) is 7.80. The highest BCUT2D eigenvalue weighted by molar-refractivity contribution is 5.84. The van der Waals surface area contributed by atoms with Gasteiger partial charge in [-0.3, -0.25) is 24.1 Å². The molecule has 0 saturated carbocycles. The molecule has 1 aromatic heterocycles. The topological polar surface area (TPSA) is 92.6 Å². The molecule has 0 bridgehead atoms. The van der Waals surface area contributed by atoms with Gasteiger partial charge in [-0.15, -0.1) is 0 Å². The molecule has 75 heavy (non-hydrogen) atoms. The highest BCUT2D eigenvalue weighted by Gasteiger charge is 2.35. The Hall–Kier alpha value is -5.80. The number of hydrogen-bond acceptors (Lipinski definition) is 7. The van der Waals surface area contributed by atoms with Gasteiger partial charge < -0.3 is 9.47 Å². The number of halogens is 7. The molecule has 6 rings (SSSR count). The number of ketones is 4. The molecule has 1 aliphatic heterocycles. The number of aromatic nitrogens is 2. The van der Waals surface area contributed by atoms with Gasteiger partial charge in [0.1, 0.15) is 29.0 Å². The highest BCUT2D eigenvalue weighted by Crippen LogP contribution is 2.35. The fourth-order valence-corrected chi connectivity index (χ4v) is 7.80. The van der Waals surface area contributed by atoms with Crippen LogP contribution in [-0.4, -0.2) is 75.2 Å². The van der Waals surface area contributed by atoms with Crippen molar-refractivity contribution in [3.8, 4) is 0 Å². The average Bonchev–Trinajstić information content (AvgIpc) is 3.74. The molecular formula is C60H77F7N4O4. The van der Waals surface area contributed by atoms with Gasteiger partial charge >= 0.3 is 12.4 Å². The largest absolute Gasteiger partial charge is 0.416 e. The number of rotatable bonds is 17. The Morgan fingerprint density at radius 3 is 1.36 bits per heavy atom. The van der Waals surface area contributed by atoms with E-state index >= 15 is 0 Å². The average molecular weight is 1050 g/mol. The summed E-state index contributed by atoms with van der Waals surface area (Å²) in [5.74, 6) is -0.283.